The van der Waals surface area contributed by atoms with Gasteiger partial charge in [-0.2, -0.15) is 5.10 Å². The van der Waals surface area contributed by atoms with Gasteiger partial charge in [0.15, 0.2) is 0 Å². The minimum absolute atomic E-state index is 0.243. The lowest BCUT2D eigenvalue weighted by atomic mass is 9.82. The second-order valence-corrected chi connectivity index (χ2v) is 7.18. The van der Waals surface area contributed by atoms with Crippen LogP contribution in [0.1, 0.15) is 43.1 Å². The molecule has 0 aliphatic carbocycles. The summed E-state index contributed by atoms with van der Waals surface area (Å²) in [5, 5.41) is 31.1. The number of aliphatic hydroxyl groups excluding tert-OH is 2. The summed E-state index contributed by atoms with van der Waals surface area (Å²) in [6, 6.07) is 0. The number of hydrogen-bond donors (Lipinski definition) is 3. The van der Waals surface area contributed by atoms with Gasteiger partial charge in [-0.05, 0) is 33.6 Å². The van der Waals surface area contributed by atoms with Gasteiger partial charge in [-0.3, -0.25) is 14.4 Å². The quantitative estimate of drug-likeness (QED) is 0.673. The van der Waals surface area contributed by atoms with E-state index in [0.717, 1.165) is 44.7 Å². The van der Waals surface area contributed by atoms with E-state index in [1.807, 2.05) is 0 Å². The van der Waals surface area contributed by atoms with Gasteiger partial charge in [0.05, 0.1) is 24.0 Å². The Morgan fingerprint density at radius 1 is 1.27 bits per heavy atom. The molecule has 2 atom stereocenters. The van der Waals surface area contributed by atoms with Crippen molar-refractivity contribution in [3.63, 3.8) is 0 Å². The number of aliphatic hydroxyl groups is 2. The fourth-order valence-electron chi connectivity index (χ4n) is 3.91. The molecule has 1 aromatic heterocycles. The number of aryl methyl sites for hydroxylation is 2. The molecular weight excluding hydrogens is 338 g/mol. The molecular formula is C18H31N3O5. The van der Waals surface area contributed by atoms with Crippen LogP contribution in [0.3, 0.4) is 0 Å². The largest absolute Gasteiger partial charge is 0.483 e. The van der Waals surface area contributed by atoms with Crippen molar-refractivity contribution in [3.05, 3.63) is 17.0 Å². The Morgan fingerprint density at radius 3 is 2.38 bits per heavy atom. The number of rotatable bonds is 3. The van der Waals surface area contributed by atoms with Crippen molar-refractivity contribution in [1.29, 1.82) is 0 Å². The van der Waals surface area contributed by atoms with Gasteiger partial charge >= 0.3 is 0 Å². The van der Waals surface area contributed by atoms with E-state index >= 15 is 0 Å². The van der Waals surface area contributed by atoms with Gasteiger partial charge in [0, 0.05) is 43.9 Å². The molecule has 1 spiro atoms. The van der Waals surface area contributed by atoms with E-state index in [4.69, 9.17) is 14.6 Å². The zero-order chi connectivity index (χ0) is 19.3. The standard InChI is InChI=1S/C17H29N3O3.CH2O2/c1-4-20-13(3)14(12(2)18-20)10-19-7-5-17(6-8-19)9-15(21)16(22)11-23-17;2-1-3/h15-16,21-22H,4-11H2,1-3H3;1H,(H,2,3)/t15-,16+;/m1./s1. The third-order valence-corrected chi connectivity index (χ3v) is 5.57. The van der Waals surface area contributed by atoms with Gasteiger partial charge in [-0.25, -0.2) is 0 Å². The maximum atomic E-state index is 9.94. The van der Waals surface area contributed by atoms with E-state index in [1.54, 1.807) is 0 Å². The molecule has 0 bridgehead atoms. The lowest BCUT2D eigenvalue weighted by Gasteiger charge is -2.46. The Balaban J connectivity index is 0.000000758. The van der Waals surface area contributed by atoms with Crippen LogP contribution in [0.5, 0.6) is 0 Å². The lowest BCUT2D eigenvalue weighted by molar-refractivity contribution is -0.188. The van der Waals surface area contributed by atoms with Crippen LogP contribution < -0.4 is 0 Å². The van der Waals surface area contributed by atoms with Gasteiger partial charge in [-0.1, -0.05) is 0 Å². The number of piperidine rings is 1. The first-order valence-electron chi connectivity index (χ1n) is 9.19. The van der Waals surface area contributed by atoms with Crippen LogP contribution in [0.25, 0.3) is 0 Å². The fourth-order valence-corrected chi connectivity index (χ4v) is 3.91. The van der Waals surface area contributed by atoms with Crippen LogP contribution in [-0.4, -0.2) is 74.0 Å². The molecule has 3 N–H and O–H groups in total. The topological polar surface area (TPSA) is 108 Å². The van der Waals surface area contributed by atoms with Crippen molar-refractivity contribution in [2.75, 3.05) is 19.7 Å². The Morgan fingerprint density at radius 2 is 1.88 bits per heavy atom. The smallest absolute Gasteiger partial charge is 0.290 e. The van der Waals surface area contributed by atoms with Gasteiger partial charge in [0.1, 0.15) is 6.10 Å². The molecule has 0 radical (unpaired) electrons. The number of hydrogen-bond acceptors (Lipinski definition) is 6. The van der Waals surface area contributed by atoms with Crippen LogP contribution in [-0.2, 0) is 22.6 Å². The molecule has 0 unspecified atom stereocenters. The molecule has 3 heterocycles. The molecule has 148 valence electrons. The van der Waals surface area contributed by atoms with Crippen molar-refractivity contribution in [2.24, 2.45) is 0 Å². The number of likely N-dealkylation sites (tertiary alicyclic amines) is 1. The molecule has 2 fully saturated rings. The third kappa shape index (κ3) is 4.62. The lowest BCUT2D eigenvalue weighted by Crippen LogP contribution is -2.54. The number of aromatic nitrogens is 2. The van der Waals surface area contributed by atoms with Crippen molar-refractivity contribution < 1.29 is 24.9 Å². The predicted octanol–water partition coefficient (Wildman–Crippen LogP) is 0.697. The van der Waals surface area contributed by atoms with Gasteiger partial charge in [0.2, 0.25) is 0 Å². The maximum absolute atomic E-state index is 9.94. The molecule has 0 saturated carbocycles. The number of ether oxygens (including phenoxy) is 1. The van der Waals surface area contributed by atoms with Crippen LogP contribution >= 0.6 is 0 Å². The second kappa shape index (κ2) is 8.94. The first kappa shape index (κ1) is 20.8. The van der Waals surface area contributed by atoms with Crippen molar-refractivity contribution in [1.82, 2.24) is 14.7 Å². The monoisotopic (exact) mass is 369 g/mol. The summed E-state index contributed by atoms with van der Waals surface area (Å²) in [5.41, 5.74) is 3.48. The molecule has 8 heteroatoms. The first-order valence-corrected chi connectivity index (χ1v) is 9.19. The van der Waals surface area contributed by atoms with E-state index in [9.17, 15) is 10.2 Å². The molecule has 2 saturated heterocycles. The SMILES string of the molecule is CCn1nc(C)c(CN2CCC3(CC2)C[C@@H](O)[C@@H](O)CO3)c1C.O=CO. The van der Waals surface area contributed by atoms with Crippen LogP contribution in [0.4, 0.5) is 0 Å². The van der Waals surface area contributed by atoms with Gasteiger partial charge in [0.25, 0.3) is 6.47 Å². The highest BCUT2D eigenvalue weighted by molar-refractivity contribution is 5.32. The highest BCUT2D eigenvalue weighted by atomic mass is 16.5. The average Bonchev–Trinajstić information content (AvgIpc) is 2.89. The van der Waals surface area contributed by atoms with Crippen LogP contribution in [0.15, 0.2) is 0 Å². The third-order valence-electron chi connectivity index (χ3n) is 5.57. The highest BCUT2D eigenvalue weighted by Crippen LogP contribution is 2.35. The zero-order valence-electron chi connectivity index (χ0n) is 15.9. The Hall–Kier alpha value is -1.48. The maximum Gasteiger partial charge on any atom is 0.290 e. The van der Waals surface area contributed by atoms with E-state index in [1.165, 1.54) is 11.3 Å². The van der Waals surface area contributed by atoms with Crippen molar-refractivity contribution >= 4 is 6.47 Å². The highest BCUT2D eigenvalue weighted by Gasteiger charge is 2.42. The van der Waals surface area contributed by atoms with Crippen LogP contribution in [0, 0.1) is 13.8 Å². The number of carboxylic acid groups (broad SMARTS) is 1. The summed E-state index contributed by atoms with van der Waals surface area (Å²) in [4.78, 5) is 10.8. The average molecular weight is 369 g/mol. The summed E-state index contributed by atoms with van der Waals surface area (Å²) in [7, 11) is 0. The minimum atomic E-state index is -0.733. The molecule has 26 heavy (non-hydrogen) atoms. The molecule has 0 amide bonds. The van der Waals surface area contributed by atoms with Crippen LogP contribution in [0.2, 0.25) is 0 Å². The Labute approximate surface area is 154 Å². The normalized spacial score (nSPS) is 25.6. The fraction of sp³-hybridized carbons (Fsp3) is 0.778. The zero-order valence-corrected chi connectivity index (χ0v) is 15.9. The molecule has 8 nitrogen and oxygen atoms in total. The molecule has 2 aliphatic rings. The summed E-state index contributed by atoms with van der Waals surface area (Å²) in [6.45, 7) is 10.1. The summed E-state index contributed by atoms with van der Waals surface area (Å²) >= 11 is 0. The van der Waals surface area contributed by atoms with E-state index in [2.05, 4.69) is 35.5 Å². The molecule has 3 rings (SSSR count). The minimum Gasteiger partial charge on any atom is -0.483 e. The summed E-state index contributed by atoms with van der Waals surface area (Å²) < 4.78 is 7.97. The number of nitrogens with zero attached hydrogens (tertiary/aromatic N) is 3. The van der Waals surface area contributed by atoms with E-state index < -0.39 is 12.2 Å². The van der Waals surface area contributed by atoms with Gasteiger partial charge < -0.3 is 20.1 Å². The van der Waals surface area contributed by atoms with Crippen molar-refractivity contribution in [2.45, 2.75) is 70.9 Å². The van der Waals surface area contributed by atoms with Gasteiger partial charge in [-0.15, -0.1) is 0 Å². The number of carbonyl (C=O) groups is 1. The second-order valence-electron chi connectivity index (χ2n) is 7.18. The Bertz CT molecular complexity index is 596. The van der Waals surface area contributed by atoms with E-state index in [0.29, 0.717) is 6.42 Å². The molecule has 2 aliphatic heterocycles. The van der Waals surface area contributed by atoms with E-state index in [-0.39, 0.29) is 18.7 Å². The molecule has 0 aromatic carbocycles. The Kier molecular flexibility index (Phi) is 7.16. The van der Waals surface area contributed by atoms with Crippen molar-refractivity contribution in [3.8, 4) is 0 Å². The predicted molar refractivity (Wildman–Crippen MR) is 95.9 cm³/mol. The summed E-state index contributed by atoms with van der Waals surface area (Å²) in [6.07, 6.45) is 0.993. The summed E-state index contributed by atoms with van der Waals surface area (Å²) in [5.74, 6) is 0. The first-order chi connectivity index (χ1) is 12.4. The molecule has 1 aromatic rings.